The minimum Gasteiger partial charge on any atom is -0.364 e. The molecule has 2 unspecified atom stereocenters. The third-order valence-corrected chi connectivity index (χ3v) is 6.10. The van der Waals surface area contributed by atoms with Crippen molar-refractivity contribution in [2.75, 3.05) is 13.2 Å². The number of halogens is 6. The van der Waals surface area contributed by atoms with E-state index in [0.29, 0.717) is 17.7 Å². The molecule has 1 heterocycles. The van der Waals surface area contributed by atoms with Gasteiger partial charge in [0.2, 0.25) is 0 Å². The van der Waals surface area contributed by atoms with Crippen LogP contribution in [0.5, 0.6) is 0 Å². The quantitative estimate of drug-likeness (QED) is 0.328. The van der Waals surface area contributed by atoms with Crippen LogP contribution in [0.3, 0.4) is 0 Å². The van der Waals surface area contributed by atoms with Gasteiger partial charge in [-0.3, -0.25) is 4.99 Å². The van der Waals surface area contributed by atoms with E-state index < -0.39 is 24.4 Å². The summed E-state index contributed by atoms with van der Waals surface area (Å²) in [5.41, 5.74) is -1.19. The summed E-state index contributed by atoms with van der Waals surface area (Å²) in [5.74, 6) is 0. The standard InChI is InChI=1S/C22H21Cl3F3NO2/c1-2-3-6-31-20(30)17-5-4-13(7-18(17)25)19-11-21(12-29-19,22(26,27)28)14-8-15(23)10-16(24)9-14/h4-5,7-10,20,30H,2-3,6,11-12H2,1H3. The summed E-state index contributed by atoms with van der Waals surface area (Å²) < 4.78 is 48.0. The number of alkyl halides is 3. The van der Waals surface area contributed by atoms with E-state index in [2.05, 4.69) is 4.99 Å². The molecule has 1 aliphatic rings. The van der Waals surface area contributed by atoms with Crippen molar-refractivity contribution in [3.05, 3.63) is 68.2 Å². The Hall–Kier alpha value is -1.31. The zero-order chi connectivity index (χ0) is 22.8. The Balaban J connectivity index is 1.87. The Morgan fingerprint density at radius 3 is 2.39 bits per heavy atom. The van der Waals surface area contributed by atoms with E-state index in [1.54, 1.807) is 12.1 Å². The van der Waals surface area contributed by atoms with Gasteiger partial charge in [0.05, 0.1) is 13.2 Å². The number of unbranched alkanes of at least 4 members (excludes halogenated alkanes) is 1. The van der Waals surface area contributed by atoms with E-state index in [0.717, 1.165) is 12.8 Å². The van der Waals surface area contributed by atoms with E-state index in [1.165, 1.54) is 24.3 Å². The Labute approximate surface area is 193 Å². The van der Waals surface area contributed by atoms with Crippen molar-refractivity contribution in [3.63, 3.8) is 0 Å². The van der Waals surface area contributed by atoms with Crippen LogP contribution in [0.4, 0.5) is 13.2 Å². The van der Waals surface area contributed by atoms with Gasteiger partial charge in [-0.15, -0.1) is 0 Å². The molecule has 0 saturated heterocycles. The summed E-state index contributed by atoms with van der Waals surface area (Å²) in [6.07, 6.45) is -4.45. The predicted molar refractivity (Wildman–Crippen MR) is 117 cm³/mol. The third-order valence-electron chi connectivity index (χ3n) is 5.34. The molecule has 0 fully saturated rings. The summed E-state index contributed by atoms with van der Waals surface area (Å²) in [5, 5.41) is 10.6. The highest BCUT2D eigenvalue weighted by Crippen LogP contribution is 2.49. The van der Waals surface area contributed by atoms with Crippen molar-refractivity contribution in [3.8, 4) is 0 Å². The fraction of sp³-hybridized carbons (Fsp3) is 0.409. The molecule has 3 nitrogen and oxygen atoms in total. The number of aliphatic imine (C=N–C) groups is 1. The van der Waals surface area contributed by atoms with E-state index in [-0.39, 0.29) is 32.8 Å². The second-order valence-electron chi connectivity index (χ2n) is 7.49. The number of nitrogens with zero attached hydrogens (tertiary/aromatic N) is 1. The van der Waals surface area contributed by atoms with Gasteiger partial charge in [-0.2, -0.15) is 13.2 Å². The normalized spacial score (nSPS) is 20.1. The molecule has 0 aromatic heterocycles. The average molecular weight is 495 g/mol. The molecule has 3 rings (SSSR count). The van der Waals surface area contributed by atoms with E-state index in [9.17, 15) is 18.3 Å². The number of aliphatic hydroxyl groups excluding tert-OH is 1. The topological polar surface area (TPSA) is 41.8 Å². The summed E-state index contributed by atoms with van der Waals surface area (Å²) >= 11 is 18.2. The number of aliphatic hydroxyl groups is 1. The second-order valence-corrected chi connectivity index (χ2v) is 8.77. The van der Waals surface area contributed by atoms with Gasteiger partial charge in [-0.1, -0.05) is 60.3 Å². The van der Waals surface area contributed by atoms with Crippen LogP contribution in [0.25, 0.3) is 0 Å². The lowest BCUT2D eigenvalue weighted by atomic mass is 9.76. The zero-order valence-electron chi connectivity index (χ0n) is 16.6. The summed E-state index contributed by atoms with van der Waals surface area (Å²) in [4.78, 5) is 4.20. The number of rotatable bonds is 7. The molecule has 1 aliphatic heterocycles. The Morgan fingerprint density at radius 1 is 1.13 bits per heavy atom. The van der Waals surface area contributed by atoms with Crippen molar-refractivity contribution >= 4 is 40.5 Å². The number of benzene rings is 2. The van der Waals surface area contributed by atoms with Crippen LogP contribution in [0.2, 0.25) is 15.1 Å². The fourth-order valence-electron chi connectivity index (χ4n) is 3.53. The SMILES string of the molecule is CCCCOC(O)c1ccc(C2=NCC(c3cc(Cl)cc(Cl)c3)(C(F)(F)F)C2)cc1Cl. The Morgan fingerprint density at radius 2 is 1.81 bits per heavy atom. The first-order valence-corrected chi connectivity index (χ1v) is 10.9. The predicted octanol–water partition coefficient (Wildman–Crippen LogP) is 7.15. The molecule has 0 saturated carbocycles. The molecule has 168 valence electrons. The zero-order valence-corrected chi connectivity index (χ0v) is 18.9. The van der Waals surface area contributed by atoms with Crippen molar-refractivity contribution in [2.45, 2.75) is 44.1 Å². The van der Waals surface area contributed by atoms with Crippen LogP contribution in [-0.2, 0) is 10.2 Å². The molecule has 0 bridgehead atoms. The van der Waals surface area contributed by atoms with Crippen LogP contribution < -0.4 is 0 Å². The molecular weight excluding hydrogens is 474 g/mol. The molecule has 9 heteroatoms. The van der Waals surface area contributed by atoms with Crippen LogP contribution in [0.15, 0.2) is 41.4 Å². The lowest BCUT2D eigenvalue weighted by Gasteiger charge is -2.31. The maximum Gasteiger partial charge on any atom is 0.400 e. The fourth-order valence-corrected chi connectivity index (χ4v) is 4.33. The second kappa shape index (κ2) is 9.67. The van der Waals surface area contributed by atoms with Crippen LogP contribution in [0.1, 0.15) is 49.2 Å². The molecular formula is C22H21Cl3F3NO2. The molecule has 31 heavy (non-hydrogen) atoms. The first kappa shape index (κ1) is 24.3. The summed E-state index contributed by atoms with van der Waals surface area (Å²) in [6, 6.07) is 8.57. The maximum atomic E-state index is 14.2. The first-order chi connectivity index (χ1) is 14.6. The first-order valence-electron chi connectivity index (χ1n) is 9.73. The van der Waals surface area contributed by atoms with Gasteiger partial charge in [0, 0.05) is 32.8 Å². The van der Waals surface area contributed by atoms with Crippen molar-refractivity contribution < 1.29 is 23.0 Å². The largest absolute Gasteiger partial charge is 0.400 e. The van der Waals surface area contributed by atoms with Gasteiger partial charge in [-0.25, -0.2) is 0 Å². The van der Waals surface area contributed by atoms with Gasteiger partial charge in [0.1, 0.15) is 5.41 Å². The van der Waals surface area contributed by atoms with E-state index in [1.807, 2.05) is 6.92 Å². The van der Waals surface area contributed by atoms with Crippen molar-refractivity contribution in [1.29, 1.82) is 0 Å². The highest BCUT2D eigenvalue weighted by atomic mass is 35.5. The minimum atomic E-state index is -4.57. The lowest BCUT2D eigenvalue weighted by molar-refractivity contribution is -0.183. The third kappa shape index (κ3) is 5.20. The minimum absolute atomic E-state index is 0.0290. The molecule has 0 radical (unpaired) electrons. The maximum absolute atomic E-state index is 14.2. The molecule has 0 spiro atoms. The van der Waals surface area contributed by atoms with Crippen LogP contribution >= 0.6 is 34.8 Å². The monoisotopic (exact) mass is 493 g/mol. The Kier molecular flexibility index (Phi) is 7.59. The number of hydrogen-bond donors (Lipinski definition) is 1. The average Bonchev–Trinajstić information content (AvgIpc) is 3.14. The number of hydrogen-bond acceptors (Lipinski definition) is 3. The van der Waals surface area contributed by atoms with Gasteiger partial charge in [0.25, 0.3) is 0 Å². The van der Waals surface area contributed by atoms with E-state index >= 15 is 0 Å². The molecule has 0 amide bonds. The van der Waals surface area contributed by atoms with Crippen molar-refractivity contribution in [1.82, 2.24) is 0 Å². The van der Waals surface area contributed by atoms with Gasteiger partial charge < -0.3 is 9.84 Å². The summed E-state index contributed by atoms with van der Waals surface area (Å²) in [7, 11) is 0. The van der Waals surface area contributed by atoms with Gasteiger partial charge in [-0.05, 0) is 41.8 Å². The Bertz CT molecular complexity index is 961. The molecule has 2 aromatic rings. The highest BCUT2D eigenvalue weighted by molar-refractivity contribution is 6.34. The lowest BCUT2D eigenvalue weighted by Crippen LogP contribution is -2.43. The van der Waals surface area contributed by atoms with Crippen LogP contribution in [0, 0.1) is 0 Å². The van der Waals surface area contributed by atoms with Gasteiger partial charge in [0.15, 0.2) is 6.29 Å². The smallest absolute Gasteiger partial charge is 0.364 e. The van der Waals surface area contributed by atoms with Crippen molar-refractivity contribution in [2.24, 2.45) is 4.99 Å². The molecule has 2 atom stereocenters. The highest BCUT2D eigenvalue weighted by Gasteiger charge is 2.58. The molecule has 1 N–H and O–H groups in total. The van der Waals surface area contributed by atoms with Crippen LogP contribution in [-0.4, -0.2) is 30.1 Å². The molecule has 2 aromatic carbocycles. The van der Waals surface area contributed by atoms with Gasteiger partial charge >= 0.3 is 6.18 Å². The number of ether oxygens (including phenoxy) is 1. The molecule has 0 aliphatic carbocycles. The summed E-state index contributed by atoms with van der Waals surface area (Å²) in [6.45, 7) is 1.89. The van der Waals surface area contributed by atoms with E-state index in [4.69, 9.17) is 39.5 Å².